The van der Waals surface area contributed by atoms with Gasteiger partial charge in [0.2, 0.25) is 0 Å². The molecule has 1 aromatic rings. The zero-order valence-electron chi connectivity index (χ0n) is 10.6. The molecule has 98 valence electrons. The number of pyridine rings is 1. The van der Waals surface area contributed by atoms with Crippen LogP contribution in [0.3, 0.4) is 0 Å². The molecule has 0 bridgehead atoms. The summed E-state index contributed by atoms with van der Waals surface area (Å²) in [5.74, 6) is 0. The quantitative estimate of drug-likeness (QED) is 0.910. The van der Waals surface area contributed by atoms with Gasteiger partial charge in [-0.3, -0.25) is 9.88 Å². The molecule has 3 rings (SSSR count). The van der Waals surface area contributed by atoms with Gasteiger partial charge in [-0.1, -0.05) is 11.6 Å². The molecule has 2 aliphatic rings. The average Bonchev–Trinajstić information content (AvgIpc) is 3.02. The molecule has 2 atom stereocenters. The molecule has 2 aliphatic heterocycles. The highest BCUT2D eigenvalue weighted by Crippen LogP contribution is 2.27. The first-order valence-electron chi connectivity index (χ1n) is 6.90. The lowest BCUT2D eigenvalue weighted by molar-refractivity contribution is 0.206. The second kappa shape index (κ2) is 5.55. The highest BCUT2D eigenvalue weighted by Gasteiger charge is 2.33. The molecular formula is C14H20ClN3. The SMILES string of the molecule is Clc1cnccc1CN1CCCC1C1CCCN1. The van der Waals surface area contributed by atoms with Gasteiger partial charge in [0.15, 0.2) is 0 Å². The Bertz CT molecular complexity index is 404. The van der Waals surface area contributed by atoms with E-state index in [9.17, 15) is 0 Å². The maximum absolute atomic E-state index is 6.21. The molecule has 0 aliphatic carbocycles. The molecule has 0 spiro atoms. The predicted molar refractivity (Wildman–Crippen MR) is 73.7 cm³/mol. The van der Waals surface area contributed by atoms with Crippen molar-refractivity contribution in [1.29, 1.82) is 0 Å². The van der Waals surface area contributed by atoms with E-state index in [4.69, 9.17) is 11.6 Å². The van der Waals surface area contributed by atoms with Crippen molar-refractivity contribution in [2.24, 2.45) is 0 Å². The third kappa shape index (κ3) is 2.53. The molecule has 2 saturated heterocycles. The molecular weight excluding hydrogens is 246 g/mol. The Labute approximate surface area is 114 Å². The molecule has 0 aromatic carbocycles. The van der Waals surface area contributed by atoms with E-state index < -0.39 is 0 Å². The van der Waals surface area contributed by atoms with E-state index in [2.05, 4.69) is 15.2 Å². The summed E-state index contributed by atoms with van der Waals surface area (Å²) in [4.78, 5) is 6.64. The van der Waals surface area contributed by atoms with E-state index >= 15 is 0 Å². The lowest BCUT2D eigenvalue weighted by atomic mass is 10.0. The van der Waals surface area contributed by atoms with E-state index in [0.29, 0.717) is 12.1 Å². The van der Waals surface area contributed by atoms with Gasteiger partial charge in [-0.05, 0) is 50.4 Å². The van der Waals surface area contributed by atoms with E-state index in [-0.39, 0.29) is 0 Å². The van der Waals surface area contributed by atoms with E-state index in [1.807, 2.05) is 12.3 Å². The van der Waals surface area contributed by atoms with Crippen LogP contribution in [0.4, 0.5) is 0 Å². The first-order valence-corrected chi connectivity index (χ1v) is 7.28. The number of nitrogens with zero attached hydrogens (tertiary/aromatic N) is 2. The second-order valence-electron chi connectivity index (χ2n) is 5.35. The summed E-state index contributed by atoms with van der Waals surface area (Å²) in [6.45, 7) is 3.34. The standard InChI is InChI=1S/C14H20ClN3/c15-12-9-16-7-5-11(12)10-18-8-2-4-14(18)13-3-1-6-17-13/h5,7,9,13-14,17H,1-4,6,8,10H2. The molecule has 0 saturated carbocycles. The summed E-state index contributed by atoms with van der Waals surface area (Å²) in [5, 5.41) is 4.44. The Morgan fingerprint density at radius 2 is 2.33 bits per heavy atom. The summed E-state index contributed by atoms with van der Waals surface area (Å²) < 4.78 is 0. The van der Waals surface area contributed by atoms with Crippen molar-refractivity contribution in [3.8, 4) is 0 Å². The Morgan fingerprint density at radius 3 is 3.11 bits per heavy atom. The molecule has 3 heterocycles. The van der Waals surface area contributed by atoms with Crippen molar-refractivity contribution in [3.63, 3.8) is 0 Å². The van der Waals surface area contributed by atoms with Crippen LogP contribution >= 0.6 is 11.6 Å². The normalized spacial score (nSPS) is 28.9. The Kier molecular flexibility index (Phi) is 3.83. The average molecular weight is 266 g/mol. The summed E-state index contributed by atoms with van der Waals surface area (Å²) in [5.41, 5.74) is 1.21. The van der Waals surface area contributed by atoms with Crippen LogP contribution < -0.4 is 5.32 Å². The Hall–Kier alpha value is -0.640. The summed E-state index contributed by atoms with van der Waals surface area (Å²) in [6.07, 6.45) is 8.86. The van der Waals surface area contributed by atoms with Gasteiger partial charge < -0.3 is 5.32 Å². The van der Waals surface area contributed by atoms with Crippen LogP contribution in [0.5, 0.6) is 0 Å². The van der Waals surface area contributed by atoms with Gasteiger partial charge in [-0.2, -0.15) is 0 Å². The zero-order chi connectivity index (χ0) is 12.4. The molecule has 4 heteroatoms. The van der Waals surface area contributed by atoms with Crippen LogP contribution in [0.1, 0.15) is 31.2 Å². The predicted octanol–water partition coefficient (Wildman–Crippen LogP) is 2.45. The van der Waals surface area contributed by atoms with Crippen LogP contribution in [-0.2, 0) is 6.54 Å². The number of hydrogen-bond donors (Lipinski definition) is 1. The van der Waals surface area contributed by atoms with Crippen molar-refractivity contribution in [3.05, 3.63) is 29.0 Å². The van der Waals surface area contributed by atoms with E-state index in [1.54, 1.807) is 6.20 Å². The monoisotopic (exact) mass is 265 g/mol. The number of halogens is 1. The molecule has 3 nitrogen and oxygen atoms in total. The number of rotatable bonds is 3. The summed E-state index contributed by atoms with van der Waals surface area (Å²) >= 11 is 6.21. The van der Waals surface area contributed by atoms with Gasteiger partial charge in [-0.25, -0.2) is 0 Å². The highest BCUT2D eigenvalue weighted by atomic mass is 35.5. The Morgan fingerprint density at radius 1 is 1.39 bits per heavy atom. The van der Waals surface area contributed by atoms with Crippen molar-refractivity contribution in [2.45, 2.75) is 44.3 Å². The van der Waals surface area contributed by atoms with Crippen LogP contribution in [0.2, 0.25) is 5.02 Å². The fourth-order valence-corrected chi connectivity index (χ4v) is 3.47. The Balaban J connectivity index is 1.69. The lowest BCUT2D eigenvalue weighted by Crippen LogP contribution is -2.43. The molecule has 18 heavy (non-hydrogen) atoms. The lowest BCUT2D eigenvalue weighted by Gasteiger charge is -2.29. The highest BCUT2D eigenvalue weighted by molar-refractivity contribution is 6.31. The third-order valence-electron chi connectivity index (χ3n) is 4.21. The zero-order valence-corrected chi connectivity index (χ0v) is 11.4. The van der Waals surface area contributed by atoms with Crippen LogP contribution in [0.15, 0.2) is 18.5 Å². The van der Waals surface area contributed by atoms with Crippen molar-refractivity contribution in [2.75, 3.05) is 13.1 Å². The van der Waals surface area contributed by atoms with Crippen molar-refractivity contribution < 1.29 is 0 Å². The smallest absolute Gasteiger partial charge is 0.0634 e. The van der Waals surface area contributed by atoms with Gasteiger partial charge in [0, 0.05) is 31.0 Å². The molecule has 0 radical (unpaired) electrons. The van der Waals surface area contributed by atoms with Crippen molar-refractivity contribution in [1.82, 2.24) is 15.2 Å². The summed E-state index contributed by atoms with van der Waals surface area (Å²) in [6, 6.07) is 3.42. The minimum atomic E-state index is 0.688. The maximum atomic E-state index is 6.21. The van der Waals surface area contributed by atoms with Gasteiger partial charge in [0.05, 0.1) is 5.02 Å². The van der Waals surface area contributed by atoms with E-state index in [0.717, 1.165) is 11.6 Å². The molecule has 1 aromatic heterocycles. The summed E-state index contributed by atoms with van der Waals surface area (Å²) in [7, 11) is 0. The van der Waals surface area contributed by atoms with Gasteiger partial charge >= 0.3 is 0 Å². The van der Waals surface area contributed by atoms with Crippen LogP contribution in [0.25, 0.3) is 0 Å². The largest absolute Gasteiger partial charge is 0.312 e. The van der Waals surface area contributed by atoms with Gasteiger partial charge in [0.25, 0.3) is 0 Å². The van der Waals surface area contributed by atoms with Crippen LogP contribution in [0, 0.1) is 0 Å². The minimum absolute atomic E-state index is 0.688. The first kappa shape index (κ1) is 12.4. The topological polar surface area (TPSA) is 28.2 Å². The minimum Gasteiger partial charge on any atom is -0.312 e. The fourth-order valence-electron chi connectivity index (χ4n) is 3.29. The first-order chi connectivity index (χ1) is 8.84. The number of hydrogen-bond acceptors (Lipinski definition) is 3. The molecule has 0 amide bonds. The number of likely N-dealkylation sites (tertiary alicyclic amines) is 1. The fraction of sp³-hybridized carbons (Fsp3) is 0.643. The second-order valence-corrected chi connectivity index (χ2v) is 5.76. The van der Waals surface area contributed by atoms with Crippen molar-refractivity contribution >= 4 is 11.6 Å². The number of nitrogens with one attached hydrogen (secondary N) is 1. The molecule has 2 fully saturated rings. The third-order valence-corrected chi connectivity index (χ3v) is 4.55. The number of aromatic nitrogens is 1. The maximum Gasteiger partial charge on any atom is 0.0634 e. The van der Waals surface area contributed by atoms with Gasteiger partial charge in [-0.15, -0.1) is 0 Å². The molecule has 1 N–H and O–H groups in total. The molecule has 2 unspecified atom stereocenters. The van der Waals surface area contributed by atoms with Gasteiger partial charge in [0.1, 0.15) is 0 Å². The van der Waals surface area contributed by atoms with Crippen LogP contribution in [-0.4, -0.2) is 35.1 Å². The van der Waals surface area contributed by atoms with E-state index in [1.165, 1.54) is 44.3 Å².